The maximum absolute atomic E-state index is 13.4. The van der Waals surface area contributed by atoms with E-state index in [1.165, 1.54) is 0 Å². The van der Waals surface area contributed by atoms with Crippen LogP contribution >= 0.6 is 0 Å². The molecule has 0 saturated carbocycles. The van der Waals surface area contributed by atoms with Crippen molar-refractivity contribution in [3.05, 3.63) is 113 Å². The lowest BCUT2D eigenvalue weighted by Crippen LogP contribution is -2.40. The van der Waals surface area contributed by atoms with Crippen LogP contribution in [0.5, 0.6) is 0 Å². The van der Waals surface area contributed by atoms with E-state index >= 15 is 0 Å². The Kier molecular flexibility index (Phi) is 9.17. The van der Waals surface area contributed by atoms with Crippen molar-refractivity contribution in [3.8, 4) is 0 Å². The zero-order valence-corrected chi connectivity index (χ0v) is 19.7. The van der Waals surface area contributed by atoms with Gasteiger partial charge in [-0.2, -0.15) is 0 Å². The lowest BCUT2D eigenvalue weighted by molar-refractivity contribution is -0.505. The van der Waals surface area contributed by atoms with E-state index in [-0.39, 0.29) is 13.0 Å². The van der Waals surface area contributed by atoms with Gasteiger partial charge >= 0.3 is 0 Å². The number of nitrogens with zero attached hydrogens (tertiary/aromatic N) is 1. The van der Waals surface area contributed by atoms with Crippen molar-refractivity contribution in [2.24, 2.45) is 0 Å². The Bertz CT molecular complexity index is 1070. The third kappa shape index (κ3) is 6.85. The van der Waals surface area contributed by atoms with E-state index < -0.39 is 18.2 Å². The largest absolute Gasteiger partial charge is 0.623 e. The Hall–Kier alpha value is -3.32. The summed E-state index contributed by atoms with van der Waals surface area (Å²) in [4.78, 5) is 11.1. The highest BCUT2D eigenvalue weighted by Gasteiger charge is 2.49. The molecule has 0 unspecified atom stereocenters. The van der Waals surface area contributed by atoms with Crippen LogP contribution in [0.4, 0.5) is 0 Å². The molecule has 35 heavy (non-hydrogen) atoms. The van der Waals surface area contributed by atoms with Crippen molar-refractivity contribution in [1.29, 1.82) is 0 Å². The van der Waals surface area contributed by atoms with Gasteiger partial charge in [0.25, 0.3) is 0 Å². The molecule has 182 valence electrons. The summed E-state index contributed by atoms with van der Waals surface area (Å²) in [6, 6.07) is 29.0. The average molecular weight is 474 g/mol. The summed E-state index contributed by atoms with van der Waals surface area (Å²) < 4.78 is 19.5. The fourth-order valence-corrected chi connectivity index (χ4v) is 4.29. The number of carbonyl (C=O) groups is 1. The summed E-state index contributed by atoms with van der Waals surface area (Å²) in [6.07, 6.45) is 0.402. The molecule has 0 radical (unpaired) electrons. The lowest BCUT2D eigenvalue weighted by Gasteiger charge is -2.23. The Morgan fingerprint density at radius 1 is 0.714 bits per heavy atom. The van der Waals surface area contributed by atoms with Gasteiger partial charge in [-0.1, -0.05) is 91.0 Å². The van der Waals surface area contributed by atoms with E-state index in [9.17, 15) is 10.0 Å². The topological polar surface area (TPSA) is 70.8 Å². The first-order chi connectivity index (χ1) is 17.3. The van der Waals surface area contributed by atoms with Crippen molar-refractivity contribution >= 4 is 12.0 Å². The molecule has 0 saturated heterocycles. The maximum Gasteiger partial charge on any atom is 0.221 e. The first kappa shape index (κ1) is 24.8. The number of rotatable bonds is 13. The van der Waals surface area contributed by atoms with Crippen molar-refractivity contribution in [3.63, 3.8) is 0 Å². The van der Waals surface area contributed by atoms with Crippen molar-refractivity contribution in [2.45, 2.75) is 50.9 Å². The lowest BCUT2D eigenvalue weighted by atomic mass is 10.0. The van der Waals surface area contributed by atoms with Gasteiger partial charge in [-0.05, 0) is 16.7 Å². The van der Waals surface area contributed by atoms with Crippen molar-refractivity contribution in [2.75, 3.05) is 6.61 Å². The molecular formula is C29H31NO5. The summed E-state index contributed by atoms with van der Waals surface area (Å²) >= 11 is 0. The smallest absolute Gasteiger partial charge is 0.221 e. The molecule has 0 fully saturated rings. The second-order valence-corrected chi connectivity index (χ2v) is 8.59. The molecule has 0 amide bonds. The first-order valence-electron chi connectivity index (χ1n) is 11.9. The monoisotopic (exact) mass is 473 g/mol. The van der Waals surface area contributed by atoms with Gasteiger partial charge < -0.3 is 24.2 Å². The van der Waals surface area contributed by atoms with Crippen LogP contribution in [0.2, 0.25) is 0 Å². The van der Waals surface area contributed by atoms with Crippen LogP contribution in [0, 0.1) is 5.21 Å². The number of benzene rings is 3. The highest BCUT2D eigenvalue weighted by molar-refractivity contribution is 5.87. The molecular weight excluding hydrogens is 442 g/mol. The molecule has 3 atom stereocenters. The van der Waals surface area contributed by atoms with E-state index in [1.807, 2.05) is 91.0 Å². The van der Waals surface area contributed by atoms with Crippen LogP contribution in [-0.2, 0) is 38.8 Å². The molecule has 6 heteroatoms. The van der Waals surface area contributed by atoms with Crippen molar-refractivity contribution < 1.29 is 23.7 Å². The molecule has 6 nitrogen and oxygen atoms in total. The summed E-state index contributed by atoms with van der Waals surface area (Å²) in [7, 11) is 0. The molecule has 1 aliphatic heterocycles. The van der Waals surface area contributed by atoms with Gasteiger partial charge in [0.15, 0.2) is 18.2 Å². The third-order valence-corrected chi connectivity index (χ3v) is 6.09. The van der Waals surface area contributed by atoms with Gasteiger partial charge in [0.05, 0.1) is 19.8 Å². The fraction of sp³-hybridized carbons (Fsp3) is 0.310. The minimum absolute atomic E-state index is 0.126. The van der Waals surface area contributed by atoms with Crippen LogP contribution in [0.25, 0.3) is 0 Å². The van der Waals surface area contributed by atoms with E-state index in [0.717, 1.165) is 27.7 Å². The van der Waals surface area contributed by atoms with Crippen LogP contribution in [0.3, 0.4) is 0 Å². The molecule has 3 aromatic carbocycles. The molecule has 0 aromatic heterocycles. The number of aldehydes is 1. The minimum Gasteiger partial charge on any atom is -0.623 e. The summed E-state index contributed by atoms with van der Waals surface area (Å²) in [5, 5.41) is 13.4. The predicted molar refractivity (Wildman–Crippen MR) is 134 cm³/mol. The number of hydroxylamine groups is 1. The van der Waals surface area contributed by atoms with Gasteiger partial charge in [-0.25, -0.2) is 4.74 Å². The van der Waals surface area contributed by atoms with Crippen molar-refractivity contribution in [1.82, 2.24) is 0 Å². The van der Waals surface area contributed by atoms with E-state index in [0.29, 0.717) is 32.0 Å². The van der Waals surface area contributed by atoms with Crippen LogP contribution in [0.1, 0.15) is 29.5 Å². The van der Waals surface area contributed by atoms with Crippen LogP contribution in [-0.4, -0.2) is 41.6 Å². The van der Waals surface area contributed by atoms with Gasteiger partial charge in [0.2, 0.25) is 5.71 Å². The Balaban J connectivity index is 1.53. The van der Waals surface area contributed by atoms with E-state index in [1.54, 1.807) is 0 Å². The zero-order valence-electron chi connectivity index (χ0n) is 19.7. The number of hydrogen-bond donors (Lipinski definition) is 0. The molecule has 1 aliphatic rings. The Morgan fingerprint density at radius 3 is 1.77 bits per heavy atom. The fourth-order valence-electron chi connectivity index (χ4n) is 4.29. The normalized spacial score (nSPS) is 19.7. The summed E-state index contributed by atoms with van der Waals surface area (Å²) in [6.45, 7) is 1.20. The Labute approximate surface area is 206 Å². The predicted octanol–water partition coefficient (Wildman–Crippen LogP) is 4.69. The average Bonchev–Trinajstić information content (AvgIpc) is 3.16. The molecule has 1 heterocycles. The second kappa shape index (κ2) is 13.0. The van der Waals surface area contributed by atoms with Gasteiger partial charge in [0.1, 0.15) is 12.9 Å². The van der Waals surface area contributed by atoms with Gasteiger partial charge in [-0.15, -0.1) is 0 Å². The summed E-state index contributed by atoms with van der Waals surface area (Å²) in [5.74, 6) is 0. The number of ether oxygens (including phenoxy) is 3. The first-order valence-corrected chi connectivity index (χ1v) is 11.9. The molecule has 0 spiro atoms. The Morgan fingerprint density at radius 2 is 1.23 bits per heavy atom. The second-order valence-electron chi connectivity index (χ2n) is 8.59. The molecule has 3 aromatic rings. The number of carbonyl (C=O) groups excluding carboxylic acids is 1. The van der Waals surface area contributed by atoms with Crippen LogP contribution < -0.4 is 0 Å². The minimum atomic E-state index is -0.580. The van der Waals surface area contributed by atoms with Crippen LogP contribution in [0.15, 0.2) is 91.0 Å². The van der Waals surface area contributed by atoms with E-state index in [4.69, 9.17) is 14.2 Å². The molecule has 0 aliphatic carbocycles. The molecule has 0 bridgehead atoms. The standard InChI is InChI=1S/C29H31NO5/c31-18-10-17-26-28(34-20-24-13-6-2-7-14-24)29(35-21-25-15-8-3-9-16-25)27(30(26)32)22-33-19-23-11-4-1-5-12-23/h1-9,11-16,18,26,28-29H,10,17,19-22H2/t26-,28-,29-/m0/s1. The quantitative estimate of drug-likeness (QED) is 0.205. The maximum atomic E-state index is 13.4. The number of hydrogen-bond acceptors (Lipinski definition) is 5. The zero-order chi connectivity index (χ0) is 24.3. The van der Waals surface area contributed by atoms with Gasteiger partial charge in [-0.3, -0.25) is 0 Å². The summed E-state index contributed by atoms with van der Waals surface area (Å²) in [5.41, 5.74) is 3.54. The van der Waals surface area contributed by atoms with Gasteiger partial charge in [0, 0.05) is 12.8 Å². The van der Waals surface area contributed by atoms with E-state index in [2.05, 4.69) is 0 Å². The highest BCUT2D eigenvalue weighted by atomic mass is 16.6. The highest BCUT2D eigenvalue weighted by Crippen LogP contribution is 2.26. The molecule has 0 N–H and O–H groups in total. The molecule has 4 rings (SSSR count). The SMILES string of the molecule is O=CCC[C@H]1[C@H](OCc2ccccc2)[C@@H](OCc2ccccc2)C(COCc2ccccc2)=[N+]1[O-]. The third-order valence-electron chi connectivity index (χ3n) is 6.09.